The molecule has 3 heteroatoms. The molecule has 0 bridgehead atoms. The molecule has 1 fully saturated rings. The number of phenols is 1. The summed E-state index contributed by atoms with van der Waals surface area (Å²) < 4.78 is 0. The average molecular weight is 244 g/mol. The minimum absolute atomic E-state index is 0.375. The van der Waals surface area contributed by atoms with Crippen LogP contribution in [0.3, 0.4) is 0 Å². The van der Waals surface area contributed by atoms with Crippen molar-refractivity contribution in [1.29, 1.82) is 0 Å². The van der Waals surface area contributed by atoms with Crippen LogP contribution >= 0.6 is 0 Å². The zero-order valence-corrected chi connectivity index (χ0v) is 10.6. The van der Waals surface area contributed by atoms with Gasteiger partial charge in [0.1, 0.15) is 5.75 Å². The topological polar surface area (TPSA) is 35.5 Å². The predicted molar refractivity (Wildman–Crippen MR) is 76.2 cm³/mol. The van der Waals surface area contributed by atoms with Gasteiger partial charge in [-0.1, -0.05) is 30.9 Å². The van der Waals surface area contributed by atoms with Crippen molar-refractivity contribution in [3.8, 4) is 5.75 Å². The van der Waals surface area contributed by atoms with E-state index in [0.717, 1.165) is 43.9 Å². The second-order valence-corrected chi connectivity index (χ2v) is 4.42. The number of piperazine rings is 1. The summed E-state index contributed by atoms with van der Waals surface area (Å²) in [6, 6.07) is 5.95. The van der Waals surface area contributed by atoms with Crippen molar-refractivity contribution in [2.45, 2.75) is 6.42 Å². The van der Waals surface area contributed by atoms with Gasteiger partial charge in [0.2, 0.25) is 0 Å². The number of hydrogen-bond donors (Lipinski definition) is 2. The van der Waals surface area contributed by atoms with Crippen LogP contribution in [0.4, 0.5) is 5.69 Å². The average Bonchev–Trinajstić information content (AvgIpc) is 2.42. The van der Waals surface area contributed by atoms with E-state index in [1.165, 1.54) is 0 Å². The highest BCUT2D eigenvalue weighted by Crippen LogP contribution is 2.25. The van der Waals surface area contributed by atoms with Gasteiger partial charge < -0.3 is 15.3 Å². The first-order valence-corrected chi connectivity index (χ1v) is 6.36. The molecule has 3 nitrogen and oxygen atoms in total. The van der Waals surface area contributed by atoms with Gasteiger partial charge in [-0.15, -0.1) is 0 Å². The molecule has 0 spiro atoms. The monoisotopic (exact) mass is 244 g/mol. The van der Waals surface area contributed by atoms with E-state index in [0.29, 0.717) is 5.75 Å². The molecule has 1 heterocycles. The minimum atomic E-state index is 0.375. The molecule has 1 aliphatic heterocycles. The van der Waals surface area contributed by atoms with Crippen LogP contribution in [0.15, 0.2) is 43.0 Å². The molecule has 0 amide bonds. The number of anilines is 1. The summed E-state index contributed by atoms with van der Waals surface area (Å²) in [5.41, 5.74) is 2.05. The van der Waals surface area contributed by atoms with Gasteiger partial charge in [-0.3, -0.25) is 0 Å². The van der Waals surface area contributed by atoms with Crippen molar-refractivity contribution in [2.75, 3.05) is 31.1 Å². The second-order valence-electron chi connectivity index (χ2n) is 4.42. The molecular formula is C15H20N2O. The van der Waals surface area contributed by atoms with Crippen molar-refractivity contribution in [2.24, 2.45) is 0 Å². The van der Waals surface area contributed by atoms with Crippen LogP contribution in [0.1, 0.15) is 5.56 Å². The van der Waals surface area contributed by atoms with Crippen LogP contribution in [-0.2, 0) is 6.42 Å². The van der Waals surface area contributed by atoms with E-state index in [1.54, 1.807) is 6.08 Å². The van der Waals surface area contributed by atoms with Crippen molar-refractivity contribution in [3.63, 3.8) is 0 Å². The maximum Gasteiger partial charge on any atom is 0.121 e. The molecular weight excluding hydrogens is 224 g/mol. The Bertz CT molecular complexity index is 434. The van der Waals surface area contributed by atoms with Crippen molar-refractivity contribution in [3.05, 3.63) is 48.6 Å². The summed E-state index contributed by atoms with van der Waals surface area (Å²) >= 11 is 0. The van der Waals surface area contributed by atoms with Gasteiger partial charge >= 0.3 is 0 Å². The third-order valence-electron chi connectivity index (χ3n) is 3.16. The Hall–Kier alpha value is -1.74. The van der Waals surface area contributed by atoms with Crippen LogP contribution in [0.25, 0.3) is 0 Å². The standard InChI is InChI=1S/C15H20N2O/c1-2-3-4-5-13-6-7-14(12-15(13)18)17-10-8-16-9-11-17/h2-4,6-7,12,16,18H,1,5,8-11H2/b4-3+. The van der Waals surface area contributed by atoms with Gasteiger partial charge in [-0.2, -0.15) is 0 Å². The summed E-state index contributed by atoms with van der Waals surface area (Å²) in [6.45, 7) is 7.63. The Morgan fingerprint density at radius 2 is 2.11 bits per heavy atom. The fraction of sp³-hybridized carbons (Fsp3) is 0.333. The molecule has 0 atom stereocenters. The van der Waals surface area contributed by atoms with Crippen LogP contribution in [0, 0.1) is 0 Å². The van der Waals surface area contributed by atoms with E-state index in [4.69, 9.17) is 0 Å². The van der Waals surface area contributed by atoms with Gasteiger partial charge in [0, 0.05) is 37.9 Å². The maximum atomic E-state index is 10.0. The van der Waals surface area contributed by atoms with E-state index in [1.807, 2.05) is 24.3 Å². The third-order valence-corrected chi connectivity index (χ3v) is 3.16. The molecule has 0 unspecified atom stereocenters. The number of hydrogen-bond acceptors (Lipinski definition) is 3. The lowest BCUT2D eigenvalue weighted by Crippen LogP contribution is -2.43. The summed E-state index contributed by atoms with van der Waals surface area (Å²) in [5, 5.41) is 13.3. The Morgan fingerprint density at radius 1 is 1.33 bits per heavy atom. The fourth-order valence-electron chi connectivity index (χ4n) is 2.14. The fourth-order valence-corrected chi connectivity index (χ4v) is 2.14. The lowest BCUT2D eigenvalue weighted by molar-refractivity contribution is 0.469. The Balaban J connectivity index is 2.08. The molecule has 2 N–H and O–H groups in total. The number of rotatable bonds is 4. The molecule has 2 rings (SSSR count). The first-order chi connectivity index (χ1) is 8.81. The number of nitrogens with one attached hydrogen (secondary N) is 1. The predicted octanol–water partition coefficient (Wildman–Crippen LogP) is 2.09. The Labute approximate surface area is 108 Å². The van der Waals surface area contributed by atoms with E-state index < -0.39 is 0 Å². The highest BCUT2D eigenvalue weighted by Gasteiger charge is 2.11. The normalized spacial score (nSPS) is 16.1. The Kier molecular flexibility index (Phi) is 4.42. The van der Waals surface area contributed by atoms with Crippen molar-refractivity contribution >= 4 is 5.69 Å². The minimum Gasteiger partial charge on any atom is -0.508 e. The number of benzene rings is 1. The molecule has 0 saturated carbocycles. The molecule has 0 radical (unpaired) electrons. The quantitative estimate of drug-likeness (QED) is 0.796. The largest absolute Gasteiger partial charge is 0.508 e. The summed E-state index contributed by atoms with van der Waals surface area (Å²) in [5.74, 6) is 0.375. The zero-order chi connectivity index (χ0) is 12.8. The van der Waals surface area contributed by atoms with Crippen LogP contribution in [-0.4, -0.2) is 31.3 Å². The van der Waals surface area contributed by atoms with Gasteiger partial charge in [0.05, 0.1) is 0 Å². The number of allylic oxidation sites excluding steroid dienone is 3. The molecule has 1 aromatic rings. The molecule has 0 aliphatic carbocycles. The molecule has 1 aliphatic rings. The van der Waals surface area contributed by atoms with Gasteiger partial charge in [0.15, 0.2) is 0 Å². The van der Waals surface area contributed by atoms with E-state index >= 15 is 0 Å². The number of phenolic OH excluding ortho intramolecular Hbond substituents is 1. The highest BCUT2D eigenvalue weighted by atomic mass is 16.3. The van der Waals surface area contributed by atoms with E-state index in [9.17, 15) is 5.11 Å². The van der Waals surface area contributed by atoms with Gasteiger partial charge in [-0.05, 0) is 18.1 Å². The van der Waals surface area contributed by atoms with Crippen LogP contribution in [0.5, 0.6) is 5.75 Å². The lowest BCUT2D eigenvalue weighted by Gasteiger charge is -2.29. The van der Waals surface area contributed by atoms with Gasteiger partial charge in [-0.25, -0.2) is 0 Å². The third kappa shape index (κ3) is 3.14. The Morgan fingerprint density at radius 3 is 2.78 bits per heavy atom. The van der Waals surface area contributed by atoms with Crippen molar-refractivity contribution < 1.29 is 5.11 Å². The summed E-state index contributed by atoms with van der Waals surface area (Å²) in [7, 11) is 0. The second kappa shape index (κ2) is 6.26. The lowest BCUT2D eigenvalue weighted by atomic mass is 10.1. The van der Waals surface area contributed by atoms with Crippen LogP contribution in [0.2, 0.25) is 0 Å². The number of aromatic hydroxyl groups is 1. The van der Waals surface area contributed by atoms with Crippen LogP contribution < -0.4 is 10.2 Å². The smallest absolute Gasteiger partial charge is 0.121 e. The van der Waals surface area contributed by atoms with E-state index in [-0.39, 0.29) is 0 Å². The molecule has 1 saturated heterocycles. The first-order valence-electron chi connectivity index (χ1n) is 6.36. The molecule has 1 aromatic carbocycles. The SMILES string of the molecule is C=C/C=C/Cc1ccc(N2CCNCC2)cc1O. The summed E-state index contributed by atoms with van der Waals surface area (Å²) in [6.07, 6.45) is 6.36. The molecule has 18 heavy (non-hydrogen) atoms. The summed E-state index contributed by atoms with van der Waals surface area (Å²) in [4.78, 5) is 2.29. The molecule has 96 valence electrons. The highest BCUT2D eigenvalue weighted by molar-refractivity contribution is 5.54. The van der Waals surface area contributed by atoms with E-state index in [2.05, 4.69) is 22.9 Å². The first kappa shape index (κ1) is 12.7. The zero-order valence-electron chi connectivity index (χ0n) is 10.6. The van der Waals surface area contributed by atoms with Crippen molar-refractivity contribution in [1.82, 2.24) is 5.32 Å². The molecule has 0 aromatic heterocycles. The van der Waals surface area contributed by atoms with Gasteiger partial charge in [0.25, 0.3) is 0 Å². The maximum absolute atomic E-state index is 10.0. The number of nitrogens with zero attached hydrogens (tertiary/aromatic N) is 1.